The fourth-order valence-electron chi connectivity index (χ4n) is 1.70. The second-order valence-electron chi connectivity index (χ2n) is 3.47. The van der Waals surface area contributed by atoms with E-state index in [-0.39, 0.29) is 6.04 Å². The van der Waals surface area contributed by atoms with Gasteiger partial charge >= 0.3 is 0 Å². The molecule has 0 aromatic carbocycles. The zero-order valence-corrected chi connectivity index (χ0v) is 10.2. The molecule has 0 bridgehead atoms. The van der Waals surface area contributed by atoms with E-state index in [2.05, 4.69) is 26.9 Å². The lowest BCUT2D eigenvalue weighted by atomic mass is 10.2. The van der Waals surface area contributed by atoms with Gasteiger partial charge in [-0.15, -0.1) is 11.3 Å². The van der Waals surface area contributed by atoms with Crippen LogP contribution in [-0.4, -0.2) is 14.5 Å². The Morgan fingerprint density at radius 3 is 2.94 bits per heavy atom. The molecule has 2 heterocycles. The minimum absolute atomic E-state index is 0.0811. The van der Waals surface area contributed by atoms with E-state index < -0.39 is 0 Å². The molecule has 5 nitrogen and oxygen atoms in total. The molecule has 16 heavy (non-hydrogen) atoms. The third kappa shape index (κ3) is 1.87. The smallest absolute Gasteiger partial charge is 0.132 e. The Morgan fingerprint density at radius 1 is 1.56 bits per heavy atom. The molecule has 2 rings (SSSR count). The highest BCUT2D eigenvalue weighted by atomic mass is 32.1. The molecule has 6 heteroatoms. The number of thiazole rings is 1. The molecule has 0 fully saturated rings. The first kappa shape index (κ1) is 11.3. The van der Waals surface area contributed by atoms with Gasteiger partial charge in [0.1, 0.15) is 11.9 Å². The number of hydrogen-bond donors (Lipinski definition) is 2. The molecule has 0 saturated carbocycles. The molecule has 86 valence electrons. The van der Waals surface area contributed by atoms with Crippen LogP contribution in [0.4, 0.5) is 0 Å². The average molecular weight is 237 g/mol. The van der Waals surface area contributed by atoms with E-state index in [1.54, 1.807) is 17.5 Å². The highest BCUT2D eigenvalue weighted by Gasteiger charge is 2.20. The summed E-state index contributed by atoms with van der Waals surface area (Å²) in [6, 6.07) is -0.0811. The predicted molar refractivity (Wildman–Crippen MR) is 63.9 cm³/mol. The van der Waals surface area contributed by atoms with Crippen LogP contribution in [0.5, 0.6) is 0 Å². The molecule has 2 aromatic heterocycles. The molecule has 1 unspecified atom stereocenters. The number of rotatable bonds is 4. The van der Waals surface area contributed by atoms with Crippen molar-refractivity contribution in [1.82, 2.24) is 20.0 Å². The van der Waals surface area contributed by atoms with Gasteiger partial charge in [0, 0.05) is 18.9 Å². The number of nitrogens with one attached hydrogen (secondary N) is 1. The second kappa shape index (κ2) is 4.73. The van der Waals surface area contributed by atoms with Crippen molar-refractivity contribution in [2.45, 2.75) is 26.4 Å². The van der Waals surface area contributed by atoms with Crippen molar-refractivity contribution in [2.75, 3.05) is 0 Å². The van der Waals surface area contributed by atoms with Crippen LogP contribution in [0.3, 0.4) is 0 Å². The maximum atomic E-state index is 5.62. The first-order valence-electron chi connectivity index (χ1n) is 5.15. The summed E-state index contributed by atoms with van der Waals surface area (Å²) in [6.07, 6.45) is 3.75. The largest absolute Gasteiger partial charge is 0.334 e. The summed E-state index contributed by atoms with van der Waals surface area (Å²) in [6.45, 7) is 4.94. The minimum atomic E-state index is -0.0811. The van der Waals surface area contributed by atoms with Crippen LogP contribution < -0.4 is 11.3 Å². The summed E-state index contributed by atoms with van der Waals surface area (Å²) < 4.78 is 2.07. The Bertz CT molecular complexity index is 461. The first-order chi connectivity index (χ1) is 7.77. The number of aromatic nitrogens is 3. The van der Waals surface area contributed by atoms with E-state index in [0.29, 0.717) is 0 Å². The minimum Gasteiger partial charge on any atom is -0.334 e. The van der Waals surface area contributed by atoms with Crippen molar-refractivity contribution in [2.24, 2.45) is 5.84 Å². The van der Waals surface area contributed by atoms with E-state index >= 15 is 0 Å². The fourth-order valence-corrected chi connectivity index (χ4v) is 2.56. The van der Waals surface area contributed by atoms with Gasteiger partial charge in [-0.05, 0) is 13.8 Å². The highest BCUT2D eigenvalue weighted by Crippen LogP contribution is 2.26. The van der Waals surface area contributed by atoms with Crippen molar-refractivity contribution in [1.29, 1.82) is 0 Å². The van der Waals surface area contributed by atoms with Crippen LogP contribution in [0.1, 0.15) is 29.4 Å². The van der Waals surface area contributed by atoms with Crippen LogP contribution in [0.15, 0.2) is 17.9 Å². The number of nitrogens with zero attached hydrogens (tertiary/aromatic N) is 3. The number of hydrogen-bond acceptors (Lipinski definition) is 5. The van der Waals surface area contributed by atoms with E-state index in [9.17, 15) is 0 Å². The number of imidazole rings is 1. The Hall–Kier alpha value is -1.24. The number of aryl methyl sites for hydroxylation is 2. The molecule has 0 aliphatic carbocycles. The molecule has 0 saturated heterocycles. The van der Waals surface area contributed by atoms with Gasteiger partial charge in [0.2, 0.25) is 0 Å². The summed E-state index contributed by atoms with van der Waals surface area (Å²) in [5, 5.41) is 0. The molecular weight excluding hydrogens is 222 g/mol. The monoisotopic (exact) mass is 237 g/mol. The molecule has 1 atom stereocenters. The van der Waals surface area contributed by atoms with Crippen molar-refractivity contribution in [3.05, 3.63) is 34.3 Å². The van der Waals surface area contributed by atoms with Gasteiger partial charge < -0.3 is 4.57 Å². The number of hydrazine groups is 1. The second-order valence-corrected chi connectivity index (χ2v) is 4.36. The van der Waals surface area contributed by atoms with Gasteiger partial charge in [-0.3, -0.25) is 5.84 Å². The first-order valence-corrected chi connectivity index (χ1v) is 6.03. The Labute approximate surface area is 98.3 Å². The molecule has 0 amide bonds. The fraction of sp³-hybridized carbons (Fsp3) is 0.400. The maximum Gasteiger partial charge on any atom is 0.132 e. The SMILES string of the molecule is CCn1ccnc1C(NN)c1scnc1C. The average Bonchev–Trinajstić information content (AvgIpc) is 2.90. The lowest BCUT2D eigenvalue weighted by Gasteiger charge is -2.15. The lowest BCUT2D eigenvalue weighted by Crippen LogP contribution is -2.31. The molecule has 0 aliphatic heterocycles. The molecule has 0 aliphatic rings. The Morgan fingerprint density at radius 2 is 2.38 bits per heavy atom. The van der Waals surface area contributed by atoms with Crippen molar-refractivity contribution < 1.29 is 0 Å². The number of nitrogens with two attached hydrogens (primary N) is 1. The molecule has 2 aromatic rings. The third-order valence-electron chi connectivity index (χ3n) is 2.56. The lowest BCUT2D eigenvalue weighted by molar-refractivity contribution is 0.565. The predicted octanol–water partition coefficient (Wildman–Crippen LogP) is 1.22. The normalized spacial score (nSPS) is 12.9. The van der Waals surface area contributed by atoms with Crippen molar-refractivity contribution >= 4 is 11.3 Å². The Kier molecular flexibility index (Phi) is 3.33. The van der Waals surface area contributed by atoms with Crippen LogP contribution in [0.25, 0.3) is 0 Å². The maximum absolute atomic E-state index is 5.62. The van der Waals surface area contributed by atoms with Crippen LogP contribution in [-0.2, 0) is 6.54 Å². The quantitative estimate of drug-likeness (QED) is 0.619. The highest BCUT2D eigenvalue weighted by molar-refractivity contribution is 7.09. The van der Waals surface area contributed by atoms with Crippen LogP contribution >= 0.6 is 11.3 Å². The van der Waals surface area contributed by atoms with Gasteiger partial charge in [0.05, 0.1) is 16.1 Å². The van der Waals surface area contributed by atoms with Crippen molar-refractivity contribution in [3.8, 4) is 0 Å². The van der Waals surface area contributed by atoms with Gasteiger partial charge in [0.25, 0.3) is 0 Å². The van der Waals surface area contributed by atoms with Crippen LogP contribution in [0, 0.1) is 6.92 Å². The van der Waals surface area contributed by atoms with Gasteiger partial charge in [-0.2, -0.15) is 0 Å². The molecule has 0 radical (unpaired) electrons. The summed E-state index contributed by atoms with van der Waals surface area (Å²) in [7, 11) is 0. The van der Waals surface area contributed by atoms with E-state index in [1.165, 1.54) is 0 Å². The summed E-state index contributed by atoms with van der Waals surface area (Å²) in [5.41, 5.74) is 5.64. The van der Waals surface area contributed by atoms with Gasteiger partial charge in [-0.1, -0.05) is 0 Å². The van der Waals surface area contributed by atoms with E-state index in [0.717, 1.165) is 22.9 Å². The zero-order chi connectivity index (χ0) is 11.5. The summed E-state index contributed by atoms with van der Waals surface area (Å²) in [5.74, 6) is 6.55. The summed E-state index contributed by atoms with van der Waals surface area (Å²) in [4.78, 5) is 9.71. The molecule has 3 N–H and O–H groups in total. The standard InChI is InChI=1S/C10H15N5S/c1-3-15-5-4-12-10(15)8(14-11)9-7(2)13-6-16-9/h4-6,8,14H,3,11H2,1-2H3. The zero-order valence-electron chi connectivity index (χ0n) is 9.34. The van der Waals surface area contributed by atoms with Crippen molar-refractivity contribution in [3.63, 3.8) is 0 Å². The summed E-state index contributed by atoms with van der Waals surface area (Å²) >= 11 is 1.59. The van der Waals surface area contributed by atoms with E-state index in [1.807, 2.05) is 18.6 Å². The topological polar surface area (TPSA) is 68.8 Å². The molecular formula is C10H15N5S. The molecule has 0 spiro atoms. The van der Waals surface area contributed by atoms with Gasteiger partial charge in [0.15, 0.2) is 0 Å². The Balaban J connectivity index is 2.40. The van der Waals surface area contributed by atoms with Gasteiger partial charge in [-0.25, -0.2) is 15.4 Å². The van der Waals surface area contributed by atoms with E-state index in [4.69, 9.17) is 5.84 Å². The third-order valence-corrected chi connectivity index (χ3v) is 3.55. The van der Waals surface area contributed by atoms with Crippen LogP contribution in [0.2, 0.25) is 0 Å².